The number of benzene rings is 2. The number of piperazine rings is 1. The summed E-state index contributed by atoms with van der Waals surface area (Å²) in [5, 5.41) is 2.70. The van der Waals surface area contributed by atoms with E-state index >= 15 is 0 Å². The molecular weight excluding hydrogens is 314 g/mol. The van der Waals surface area contributed by atoms with Crippen LogP contribution in [0.3, 0.4) is 0 Å². The molecule has 25 heavy (non-hydrogen) atoms. The van der Waals surface area contributed by atoms with E-state index in [-0.39, 0.29) is 0 Å². The minimum absolute atomic E-state index is 0.374. The molecule has 1 fully saturated rings. The number of carbonyl (C=O) groups is 2. The van der Waals surface area contributed by atoms with Crippen LogP contribution < -0.4 is 5.32 Å². The van der Waals surface area contributed by atoms with Crippen molar-refractivity contribution >= 4 is 11.8 Å². The van der Waals surface area contributed by atoms with Crippen molar-refractivity contribution in [2.45, 2.75) is 13.1 Å². The van der Waals surface area contributed by atoms with E-state index in [1.807, 2.05) is 48.5 Å². The maximum absolute atomic E-state index is 12.3. The first-order chi connectivity index (χ1) is 12.2. The summed E-state index contributed by atoms with van der Waals surface area (Å²) in [6, 6.07) is 19.9. The number of rotatable bonds is 4. The molecule has 2 aromatic rings. The van der Waals surface area contributed by atoms with Crippen molar-refractivity contribution in [1.82, 2.24) is 15.1 Å². The van der Waals surface area contributed by atoms with Crippen LogP contribution in [0, 0.1) is 0 Å². The van der Waals surface area contributed by atoms with Crippen molar-refractivity contribution < 1.29 is 9.59 Å². The summed E-state index contributed by atoms with van der Waals surface area (Å²) in [6.07, 6.45) is 0. The van der Waals surface area contributed by atoms with E-state index in [1.165, 1.54) is 5.56 Å². The predicted octanol–water partition coefficient (Wildman–Crippen LogP) is 1.65. The average Bonchev–Trinajstić information content (AvgIpc) is 2.68. The first kappa shape index (κ1) is 17.2. The van der Waals surface area contributed by atoms with Gasteiger partial charge in [-0.05, 0) is 11.1 Å². The van der Waals surface area contributed by atoms with Crippen LogP contribution in [-0.4, -0.2) is 47.8 Å². The fourth-order valence-corrected chi connectivity index (χ4v) is 2.95. The Kier molecular flexibility index (Phi) is 5.80. The molecule has 0 aliphatic carbocycles. The van der Waals surface area contributed by atoms with Gasteiger partial charge in [-0.1, -0.05) is 60.7 Å². The van der Waals surface area contributed by atoms with Crippen LogP contribution in [-0.2, 0) is 22.7 Å². The third kappa shape index (κ3) is 4.90. The summed E-state index contributed by atoms with van der Waals surface area (Å²) in [5.74, 6) is -0.962. The minimum atomic E-state index is -0.527. The lowest BCUT2D eigenvalue weighted by Gasteiger charge is -2.34. The molecule has 0 spiro atoms. The fourth-order valence-electron chi connectivity index (χ4n) is 2.95. The molecule has 1 aliphatic heterocycles. The SMILES string of the molecule is O=C(NCc1ccccc1)C(=O)N1CCN(Cc2ccccc2)CC1. The summed E-state index contributed by atoms with van der Waals surface area (Å²) in [5.41, 5.74) is 2.25. The van der Waals surface area contributed by atoms with Gasteiger partial charge in [0.2, 0.25) is 0 Å². The van der Waals surface area contributed by atoms with Crippen LogP contribution in [0.1, 0.15) is 11.1 Å². The molecule has 3 rings (SSSR count). The second kappa shape index (κ2) is 8.44. The zero-order valence-corrected chi connectivity index (χ0v) is 14.2. The summed E-state index contributed by atoms with van der Waals surface area (Å²) < 4.78 is 0. The Morgan fingerprint density at radius 2 is 1.36 bits per heavy atom. The molecule has 2 amide bonds. The van der Waals surface area contributed by atoms with Crippen molar-refractivity contribution in [3.63, 3.8) is 0 Å². The Hall–Kier alpha value is -2.66. The summed E-state index contributed by atoms with van der Waals surface area (Å²) in [4.78, 5) is 28.3. The van der Waals surface area contributed by atoms with Gasteiger partial charge in [0.1, 0.15) is 0 Å². The van der Waals surface area contributed by atoms with Gasteiger partial charge < -0.3 is 10.2 Å². The fraction of sp³-hybridized carbons (Fsp3) is 0.300. The minimum Gasteiger partial charge on any atom is -0.344 e. The summed E-state index contributed by atoms with van der Waals surface area (Å²) >= 11 is 0. The van der Waals surface area contributed by atoms with Crippen molar-refractivity contribution in [3.8, 4) is 0 Å². The van der Waals surface area contributed by atoms with Crippen LogP contribution in [0.25, 0.3) is 0 Å². The lowest BCUT2D eigenvalue weighted by atomic mass is 10.2. The molecule has 1 heterocycles. The topological polar surface area (TPSA) is 52.7 Å². The maximum atomic E-state index is 12.3. The molecule has 5 heteroatoms. The number of hydrogen-bond acceptors (Lipinski definition) is 3. The average molecular weight is 337 g/mol. The van der Waals surface area contributed by atoms with E-state index in [4.69, 9.17) is 0 Å². The van der Waals surface area contributed by atoms with Crippen LogP contribution in [0.5, 0.6) is 0 Å². The molecule has 0 radical (unpaired) electrons. The molecule has 0 unspecified atom stereocenters. The second-order valence-electron chi connectivity index (χ2n) is 6.22. The molecule has 1 aliphatic rings. The normalized spacial score (nSPS) is 15.0. The predicted molar refractivity (Wildman–Crippen MR) is 96.6 cm³/mol. The number of carbonyl (C=O) groups excluding carboxylic acids is 2. The van der Waals surface area contributed by atoms with Gasteiger partial charge in [0.25, 0.3) is 0 Å². The number of nitrogens with zero attached hydrogens (tertiary/aromatic N) is 2. The summed E-state index contributed by atoms with van der Waals surface area (Å²) in [6.45, 7) is 4.00. The third-order valence-electron chi connectivity index (χ3n) is 4.40. The van der Waals surface area contributed by atoms with Crippen LogP contribution in [0.4, 0.5) is 0 Å². The zero-order valence-electron chi connectivity index (χ0n) is 14.2. The maximum Gasteiger partial charge on any atom is 0.311 e. The first-order valence-electron chi connectivity index (χ1n) is 8.60. The molecule has 0 saturated carbocycles. The highest BCUT2D eigenvalue weighted by atomic mass is 16.2. The highest BCUT2D eigenvalue weighted by Gasteiger charge is 2.25. The van der Waals surface area contributed by atoms with Gasteiger partial charge in [0, 0.05) is 39.3 Å². The Bertz CT molecular complexity index is 695. The quantitative estimate of drug-likeness (QED) is 0.863. The van der Waals surface area contributed by atoms with Gasteiger partial charge in [-0.2, -0.15) is 0 Å². The number of nitrogens with one attached hydrogen (secondary N) is 1. The number of hydrogen-bond donors (Lipinski definition) is 1. The number of amides is 2. The summed E-state index contributed by atoms with van der Waals surface area (Å²) in [7, 11) is 0. The van der Waals surface area contributed by atoms with Gasteiger partial charge in [-0.25, -0.2) is 0 Å². The molecule has 5 nitrogen and oxygen atoms in total. The lowest BCUT2D eigenvalue weighted by molar-refractivity contribution is -0.147. The van der Waals surface area contributed by atoms with Crippen molar-refractivity contribution in [3.05, 3.63) is 71.8 Å². The molecular formula is C20H23N3O2. The van der Waals surface area contributed by atoms with E-state index < -0.39 is 11.8 Å². The van der Waals surface area contributed by atoms with E-state index in [9.17, 15) is 9.59 Å². The Balaban J connectivity index is 1.44. The largest absolute Gasteiger partial charge is 0.344 e. The van der Waals surface area contributed by atoms with E-state index in [1.54, 1.807) is 4.90 Å². The molecule has 1 saturated heterocycles. The van der Waals surface area contributed by atoms with E-state index in [0.717, 1.165) is 25.2 Å². The van der Waals surface area contributed by atoms with Crippen LogP contribution >= 0.6 is 0 Å². The van der Waals surface area contributed by atoms with Crippen LogP contribution in [0.2, 0.25) is 0 Å². The molecule has 1 N–H and O–H groups in total. The van der Waals surface area contributed by atoms with Gasteiger partial charge in [-0.15, -0.1) is 0 Å². The molecule has 130 valence electrons. The van der Waals surface area contributed by atoms with E-state index in [2.05, 4.69) is 22.3 Å². The molecule has 0 bridgehead atoms. The van der Waals surface area contributed by atoms with Crippen LogP contribution in [0.15, 0.2) is 60.7 Å². The highest BCUT2D eigenvalue weighted by Crippen LogP contribution is 2.08. The highest BCUT2D eigenvalue weighted by molar-refractivity contribution is 6.35. The van der Waals surface area contributed by atoms with Crippen molar-refractivity contribution in [2.75, 3.05) is 26.2 Å². The van der Waals surface area contributed by atoms with Gasteiger partial charge in [0.15, 0.2) is 0 Å². The smallest absolute Gasteiger partial charge is 0.311 e. The van der Waals surface area contributed by atoms with Gasteiger partial charge >= 0.3 is 11.8 Å². The standard InChI is InChI=1S/C20H23N3O2/c24-19(21-15-17-7-3-1-4-8-17)20(25)23-13-11-22(12-14-23)16-18-9-5-2-6-10-18/h1-10H,11-16H2,(H,21,24). The van der Waals surface area contributed by atoms with E-state index in [0.29, 0.717) is 19.6 Å². The Morgan fingerprint density at radius 3 is 1.96 bits per heavy atom. The Morgan fingerprint density at radius 1 is 0.800 bits per heavy atom. The first-order valence-corrected chi connectivity index (χ1v) is 8.60. The van der Waals surface area contributed by atoms with Gasteiger partial charge in [0.05, 0.1) is 0 Å². The van der Waals surface area contributed by atoms with Crippen molar-refractivity contribution in [1.29, 1.82) is 0 Å². The second-order valence-corrected chi connectivity index (χ2v) is 6.22. The third-order valence-corrected chi connectivity index (χ3v) is 4.40. The Labute approximate surface area is 148 Å². The molecule has 0 atom stereocenters. The monoisotopic (exact) mass is 337 g/mol. The molecule has 0 aromatic heterocycles. The van der Waals surface area contributed by atoms with Crippen molar-refractivity contribution in [2.24, 2.45) is 0 Å². The van der Waals surface area contributed by atoms with Gasteiger partial charge in [-0.3, -0.25) is 14.5 Å². The lowest BCUT2D eigenvalue weighted by Crippen LogP contribution is -2.52. The molecule has 2 aromatic carbocycles. The zero-order chi connectivity index (χ0) is 17.5.